The summed E-state index contributed by atoms with van der Waals surface area (Å²) in [5.74, 6) is -1.05. The lowest BCUT2D eigenvalue weighted by Crippen LogP contribution is -2.31. The smallest absolute Gasteiger partial charge is 0.213 e. The van der Waals surface area contributed by atoms with Crippen LogP contribution >= 0.6 is 0 Å². The summed E-state index contributed by atoms with van der Waals surface area (Å²) in [5.41, 5.74) is 1.42. The summed E-state index contributed by atoms with van der Waals surface area (Å²) in [6, 6.07) is 24.2. The SMILES string of the molecule is O=C1C(=Nc2ccccc2)/C(=C(\O)c2ccccc2)C(=O)c2ccccc21. The third kappa shape index (κ3) is 2.98. The number of fused-ring (bicyclic) bond motifs is 1. The Bertz CT molecular complexity index is 1100. The molecule has 4 heteroatoms. The predicted molar refractivity (Wildman–Crippen MR) is 105 cm³/mol. The number of para-hydroxylation sites is 1. The molecule has 0 aliphatic heterocycles. The topological polar surface area (TPSA) is 66.7 Å². The third-order valence-electron chi connectivity index (χ3n) is 4.38. The first-order chi connectivity index (χ1) is 13.2. The maximum Gasteiger partial charge on any atom is 0.213 e. The molecule has 0 saturated heterocycles. The van der Waals surface area contributed by atoms with Crippen LogP contribution in [0.3, 0.4) is 0 Å². The lowest BCUT2D eigenvalue weighted by atomic mass is 9.82. The van der Waals surface area contributed by atoms with Crippen molar-refractivity contribution in [3.63, 3.8) is 0 Å². The highest BCUT2D eigenvalue weighted by Crippen LogP contribution is 2.30. The Hall–Kier alpha value is -3.79. The summed E-state index contributed by atoms with van der Waals surface area (Å²) in [6.45, 7) is 0. The van der Waals surface area contributed by atoms with E-state index in [-0.39, 0.29) is 28.4 Å². The van der Waals surface area contributed by atoms with Gasteiger partial charge in [-0.25, -0.2) is 4.99 Å². The van der Waals surface area contributed by atoms with Crippen molar-refractivity contribution in [2.24, 2.45) is 4.99 Å². The number of Topliss-reactive ketones (excluding diaryl/α,β-unsaturated/α-hetero) is 2. The molecule has 3 aromatic rings. The molecule has 0 bridgehead atoms. The van der Waals surface area contributed by atoms with E-state index in [1.807, 2.05) is 12.1 Å². The standard InChI is InChI=1S/C23H15NO3/c25-21(15-9-3-1-4-10-15)19-20(24-16-11-5-2-6-12-16)23(27)18-14-8-7-13-17(18)22(19)26/h1-14,25H/b21-19+,24-20?. The van der Waals surface area contributed by atoms with Gasteiger partial charge in [-0.2, -0.15) is 0 Å². The predicted octanol–water partition coefficient (Wildman–Crippen LogP) is 4.81. The van der Waals surface area contributed by atoms with Crippen LogP contribution in [0.2, 0.25) is 0 Å². The van der Waals surface area contributed by atoms with E-state index in [4.69, 9.17) is 0 Å². The van der Waals surface area contributed by atoms with Crippen LogP contribution in [-0.4, -0.2) is 22.4 Å². The van der Waals surface area contributed by atoms with Gasteiger partial charge in [-0.1, -0.05) is 72.8 Å². The fourth-order valence-electron chi connectivity index (χ4n) is 3.06. The number of rotatable bonds is 2. The molecule has 4 rings (SSSR count). The highest BCUT2D eigenvalue weighted by atomic mass is 16.3. The Labute approximate surface area is 156 Å². The minimum Gasteiger partial charge on any atom is -0.506 e. The van der Waals surface area contributed by atoms with Gasteiger partial charge in [0.25, 0.3) is 0 Å². The molecule has 1 aliphatic carbocycles. The van der Waals surface area contributed by atoms with Crippen molar-refractivity contribution in [2.45, 2.75) is 0 Å². The van der Waals surface area contributed by atoms with Gasteiger partial charge >= 0.3 is 0 Å². The molecule has 0 heterocycles. The highest BCUT2D eigenvalue weighted by Gasteiger charge is 2.36. The Balaban J connectivity index is 2.00. The molecular formula is C23H15NO3. The Morgan fingerprint density at radius 1 is 0.667 bits per heavy atom. The first-order valence-electron chi connectivity index (χ1n) is 8.48. The number of aliphatic hydroxyl groups is 1. The zero-order valence-electron chi connectivity index (χ0n) is 14.3. The molecule has 0 saturated carbocycles. The molecule has 0 unspecified atom stereocenters. The van der Waals surface area contributed by atoms with Gasteiger partial charge in [-0.05, 0) is 12.1 Å². The number of aliphatic hydroxyl groups excluding tert-OH is 1. The van der Waals surface area contributed by atoms with E-state index in [2.05, 4.69) is 4.99 Å². The van der Waals surface area contributed by atoms with Crippen LogP contribution in [0.15, 0.2) is 95.5 Å². The summed E-state index contributed by atoms with van der Waals surface area (Å²) in [5, 5.41) is 10.8. The van der Waals surface area contributed by atoms with Gasteiger partial charge in [-0.15, -0.1) is 0 Å². The fraction of sp³-hybridized carbons (Fsp3) is 0. The molecule has 0 radical (unpaired) electrons. The Kier molecular flexibility index (Phi) is 4.22. The van der Waals surface area contributed by atoms with Gasteiger partial charge < -0.3 is 5.11 Å². The number of carbonyl (C=O) groups is 2. The largest absolute Gasteiger partial charge is 0.506 e. The molecule has 4 nitrogen and oxygen atoms in total. The molecule has 27 heavy (non-hydrogen) atoms. The molecular weight excluding hydrogens is 338 g/mol. The quantitative estimate of drug-likeness (QED) is 0.531. The number of hydrogen-bond acceptors (Lipinski definition) is 4. The molecule has 130 valence electrons. The molecule has 0 amide bonds. The molecule has 0 atom stereocenters. The zero-order valence-corrected chi connectivity index (χ0v) is 14.3. The van der Waals surface area contributed by atoms with E-state index < -0.39 is 5.78 Å². The fourth-order valence-corrected chi connectivity index (χ4v) is 3.06. The summed E-state index contributed by atoms with van der Waals surface area (Å²) in [6.07, 6.45) is 0. The molecule has 0 fully saturated rings. The molecule has 1 N–H and O–H groups in total. The van der Waals surface area contributed by atoms with Crippen molar-refractivity contribution < 1.29 is 14.7 Å². The van der Waals surface area contributed by atoms with Gasteiger partial charge in [0, 0.05) is 16.7 Å². The highest BCUT2D eigenvalue weighted by molar-refractivity contribution is 6.62. The molecule has 0 aromatic heterocycles. The van der Waals surface area contributed by atoms with Crippen LogP contribution in [0.25, 0.3) is 5.76 Å². The van der Waals surface area contributed by atoms with Crippen molar-refractivity contribution in [3.05, 3.63) is 107 Å². The van der Waals surface area contributed by atoms with E-state index in [0.717, 1.165) is 0 Å². The minimum atomic E-state index is -0.416. The summed E-state index contributed by atoms with van der Waals surface area (Å²) in [4.78, 5) is 30.6. The van der Waals surface area contributed by atoms with Crippen molar-refractivity contribution in [1.82, 2.24) is 0 Å². The molecule has 1 aliphatic rings. The van der Waals surface area contributed by atoms with Crippen LogP contribution < -0.4 is 0 Å². The van der Waals surface area contributed by atoms with E-state index >= 15 is 0 Å². The van der Waals surface area contributed by atoms with E-state index in [1.54, 1.807) is 72.8 Å². The average Bonchev–Trinajstić information content (AvgIpc) is 2.73. The number of benzene rings is 3. The number of hydrogen-bond donors (Lipinski definition) is 1. The van der Waals surface area contributed by atoms with Gasteiger partial charge in [0.1, 0.15) is 11.5 Å². The van der Waals surface area contributed by atoms with E-state index in [1.165, 1.54) is 0 Å². The van der Waals surface area contributed by atoms with Crippen molar-refractivity contribution >= 4 is 28.7 Å². The van der Waals surface area contributed by atoms with E-state index in [9.17, 15) is 14.7 Å². The van der Waals surface area contributed by atoms with Crippen molar-refractivity contribution in [2.75, 3.05) is 0 Å². The zero-order chi connectivity index (χ0) is 18.8. The van der Waals surface area contributed by atoms with Crippen LogP contribution in [0, 0.1) is 0 Å². The minimum absolute atomic E-state index is 0.0498. The van der Waals surface area contributed by atoms with Gasteiger partial charge in [0.2, 0.25) is 5.78 Å². The van der Waals surface area contributed by atoms with Crippen molar-refractivity contribution in [3.8, 4) is 0 Å². The number of aliphatic imine (C=N–C) groups is 1. The number of ketones is 2. The maximum absolute atomic E-state index is 13.1. The van der Waals surface area contributed by atoms with Crippen LogP contribution in [0.1, 0.15) is 26.3 Å². The second-order valence-electron chi connectivity index (χ2n) is 6.09. The van der Waals surface area contributed by atoms with Crippen LogP contribution in [0.5, 0.6) is 0 Å². The maximum atomic E-state index is 13.1. The monoisotopic (exact) mass is 353 g/mol. The number of carbonyl (C=O) groups excluding carboxylic acids is 2. The van der Waals surface area contributed by atoms with E-state index in [0.29, 0.717) is 16.8 Å². The van der Waals surface area contributed by atoms with Gasteiger partial charge in [0.05, 0.1) is 11.3 Å². The van der Waals surface area contributed by atoms with Gasteiger partial charge in [-0.3, -0.25) is 9.59 Å². The van der Waals surface area contributed by atoms with Crippen LogP contribution in [0.4, 0.5) is 5.69 Å². The third-order valence-corrected chi connectivity index (χ3v) is 4.38. The first-order valence-corrected chi connectivity index (χ1v) is 8.48. The normalized spacial score (nSPS) is 17.0. The summed E-state index contributed by atoms with van der Waals surface area (Å²) in [7, 11) is 0. The molecule has 0 spiro atoms. The van der Waals surface area contributed by atoms with Gasteiger partial charge in [0.15, 0.2) is 5.78 Å². The second kappa shape index (κ2) is 6.84. The van der Waals surface area contributed by atoms with Crippen LogP contribution in [-0.2, 0) is 0 Å². The number of nitrogens with zero attached hydrogens (tertiary/aromatic N) is 1. The second-order valence-corrected chi connectivity index (χ2v) is 6.09. The average molecular weight is 353 g/mol. The summed E-state index contributed by atoms with van der Waals surface area (Å²) >= 11 is 0. The lowest BCUT2D eigenvalue weighted by molar-refractivity contribution is 0.0997. The Morgan fingerprint density at radius 2 is 1.19 bits per heavy atom. The number of allylic oxidation sites excluding steroid dienone is 1. The Morgan fingerprint density at radius 3 is 1.81 bits per heavy atom. The van der Waals surface area contributed by atoms with Crippen molar-refractivity contribution in [1.29, 1.82) is 0 Å². The molecule has 3 aromatic carbocycles. The first kappa shape index (κ1) is 16.7. The summed E-state index contributed by atoms with van der Waals surface area (Å²) < 4.78 is 0. The lowest BCUT2D eigenvalue weighted by Gasteiger charge is -2.20.